The van der Waals surface area contributed by atoms with Crippen molar-refractivity contribution in [1.29, 1.82) is 0 Å². The van der Waals surface area contributed by atoms with Crippen LogP contribution >= 0.6 is 39.7 Å². The van der Waals surface area contributed by atoms with Gasteiger partial charge in [-0.25, -0.2) is 0 Å². The summed E-state index contributed by atoms with van der Waals surface area (Å²) in [6, 6.07) is 4.14. The Kier molecular flexibility index (Phi) is 4.00. The summed E-state index contributed by atoms with van der Waals surface area (Å²) in [7, 11) is 0. The van der Waals surface area contributed by atoms with Gasteiger partial charge < -0.3 is 4.74 Å². The highest BCUT2D eigenvalue weighted by Gasteiger charge is 2.32. The molecule has 0 amide bonds. The first-order chi connectivity index (χ1) is 6.07. The van der Waals surface area contributed by atoms with Gasteiger partial charge in [-0.1, -0.05) is 0 Å². The first kappa shape index (κ1) is 12.5. The molecule has 1 unspecified atom stereocenters. The molecule has 0 spiro atoms. The highest BCUT2D eigenvalue weighted by Crippen LogP contribution is 2.32. The van der Waals surface area contributed by atoms with Crippen LogP contribution in [0.4, 0.5) is 0 Å². The molecule has 2 heterocycles. The Labute approximate surface area is 103 Å². The molecule has 80 valence electrons. The lowest BCUT2D eigenvalue weighted by molar-refractivity contribution is 0.102. The molecule has 0 aromatic carbocycles. The minimum Gasteiger partial charge on any atom is -0.356 e. The van der Waals surface area contributed by atoms with E-state index in [0.29, 0.717) is 0 Å². The molecule has 1 aromatic heterocycles. The Morgan fingerprint density at radius 2 is 2.29 bits per heavy atom. The quantitative estimate of drug-likeness (QED) is 0.859. The molecule has 5 heteroatoms. The van der Waals surface area contributed by atoms with Gasteiger partial charge in [-0.2, -0.15) is 0 Å². The fraction of sp³-hybridized carbons (Fsp3) is 0.556. The summed E-state index contributed by atoms with van der Waals surface area (Å²) in [5, 5.41) is 3.43. The van der Waals surface area contributed by atoms with Crippen LogP contribution in [-0.4, -0.2) is 12.1 Å². The molecule has 1 aromatic rings. The largest absolute Gasteiger partial charge is 0.356 e. The van der Waals surface area contributed by atoms with Gasteiger partial charge in [0.2, 0.25) is 0 Å². The second-order valence-corrected chi connectivity index (χ2v) is 6.36. The third-order valence-electron chi connectivity index (χ3n) is 1.99. The van der Waals surface area contributed by atoms with Crippen LogP contribution in [0.1, 0.15) is 25.0 Å². The smallest absolute Gasteiger partial charge is 0.144 e. The molecule has 1 aliphatic heterocycles. The number of rotatable bonds is 1. The normalized spacial score (nSPS) is 24.6. The maximum atomic E-state index is 5.65. The Balaban J connectivity index is 0.000000980. The van der Waals surface area contributed by atoms with Crippen LogP contribution in [0.3, 0.4) is 0 Å². The standard InChI is InChI=1S/C9H12BrNOS.ClH/c1-9(2)5-12-8(11-9)6-3-4-7(10)13-6;/h3-4,8,11H,5H2,1-2H3;1H. The van der Waals surface area contributed by atoms with Crippen LogP contribution in [0.5, 0.6) is 0 Å². The first-order valence-electron chi connectivity index (χ1n) is 4.21. The SMILES string of the molecule is CC1(C)COC(c2ccc(Br)s2)N1.Cl. The zero-order chi connectivity index (χ0) is 9.47. The maximum Gasteiger partial charge on any atom is 0.144 e. The number of hydrogen-bond acceptors (Lipinski definition) is 3. The van der Waals surface area contributed by atoms with E-state index in [9.17, 15) is 0 Å². The molecule has 0 aliphatic carbocycles. The Hall–Kier alpha value is 0.390. The molecule has 1 aliphatic rings. The summed E-state index contributed by atoms with van der Waals surface area (Å²) < 4.78 is 6.80. The second kappa shape index (κ2) is 4.49. The predicted octanol–water partition coefficient (Wildman–Crippen LogP) is 3.33. The molecule has 2 nitrogen and oxygen atoms in total. The van der Waals surface area contributed by atoms with Gasteiger partial charge in [0.15, 0.2) is 0 Å². The Bertz CT molecular complexity index is 316. The molecule has 2 rings (SSSR count). The van der Waals surface area contributed by atoms with Crippen LogP contribution in [0.25, 0.3) is 0 Å². The molecule has 14 heavy (non-hydrogen) atoms. The lowest BCUT2D eigenvalue weighted by Crippen LogP contribution is -2.35. The van der Waals surface area contributed by atoms with Crippen molar-refractivity contribution in [2.24, 2.45) is 0 Å². The summed E-state index contributed by atoms with van der Waals surface area (Å²) in [6.45, 7) is 5.07. The zero-order valence-corrected chi connectivity index (χ0v) is 11.3. The molecular formula is C9H13BrClNOS. The van der Waals surface area contributed by atoms with Crippen molar-refractivity contribution in [1.82, 2.24) is 5.32 Å². The van der Waals surface area contributed by atoms with Gasteiger partial charge in [0.1, 0.15) is 6.23 Å². The third kappa shape index (κ3) is 2.70. The number of nitrogens with one attached hydrogen (secondary N) is 1. The number of thiophene rings is 1. The highest BCUT2D eigenvalue weighted by atomic mass is 79.9. The van der Waals surface area contributed by atoms with Crippen molar-refractivity contribution in [2.45, 2.75) is 25.6 Å². The van der Waals surface area contributed by atoms with Crippen molar-refractivity contribution in [3.8, 4) is 0 Å². The van der Waals surface area contributed by atoms with Crippen molar-refractivity contribution >= 4 is 39.7 Å². The van der Waals surface area contributed by atoms with Gasteiger partial charge >= 0.3 is 0 Å². The molecule has 0 bridgehead atoms. The second-order valence-electron chi connectivity index (χ2n) is 3.86. The summed E-state index contributed by atoms with van der Waals surface area (Å²) in [5.41, 5.74) is 0.0983. The van der Waals surface area contributed by atoms with Crippen LogP contribution < -0.4 is 5.32 Å². The van der Waals surface area contributed by atoms with E-state index in [1.54, 1.807) is 11.3 Å². The monoisotopic (exact) mass is 297 g/mol. The predicted molar refractivity (Wildman–Crippen MR) is 65.2 cm³/mol. The van der Waals surface area contributed by atoms with E-state index in [1.165, 1.54) is 4.88 Å². The van der Waals surface area contributed by atoms with E-state index >= 15 is 0 Å². The fourth-order valence-electron chi connectivity index (χ4n) is 1.35. The van der Waals surface area contributed by atoms with Crippen molar-refractivity contribution in [3.63, 3.8) is 0 Å². The van der Waals surface area contributed by atoms with E-state index in [2.05, 4.69) is 47.2 Å². The minimum absolute atomic E-state index is 0. The van der Waals surface area contributed by atoms with E-state index in [4.69, 9.17) is 4.74 Å². The van der Waals surface area contributed by atoms with E-state index in [1.807, 2.05) is 0 Å². The van der Waals surface area contributed by atoms with Gasteiger partial charge in [-0.15, -0.1) is 23.7 Å². The van der Waals surface area contributed by atoms with E-state index in [-0.39, 0.29) is 24.2 Å². The van der Waals surface area contributed by atoms with Crippen LogP contribution in [0.2, 0.25) is 0 Å². The van der Waals surface area contributed by atoms with Gasteiger partial charge in [-0.05, 0) is 41.9 Å². The molecule has 0 radical (unpaired) electrons. The van der Waals surface area contributed by atoms with E-state index < -0.39 is 0 Å². The maximum absolute atomic E-state index is 5.65. The summed E-state index contributed by atoms with van der Waals surface area (Å²) in [5.74, 6) is 0. The molecule has 1 atom stereocenters. The van der Waals surface area contributed by atoms with Gasteiger partial charge in [0.05, 0.1) is 10.4 Å². The van der Waals surface area contributed by atoms with Crippen LogP contribution in [0, 0.1) is 0 Å². The van der Waals surface area contributed by atoms with Crippen LogP contribution in [-0.2, 0) is 4.74 Å². The number of halogens is 2. The van der Waals surface area contributed by atoms with Gasteiger partial charge in [0, 0.05) is 10.4 Å². The number of ether oxygens (including phenoxy) is 1. The number of hydrogen-bond donors (Lipinski definition) is 1. The van der Waals surface area contributed by atoms with Crippen molar-refractivity contribution in [2.75, 3.05) is 6.61 Å². The van der Waals surface area contributed by atoms with Crippen molar-refractivity contribution in [3.05, 3.63) is 20.8 Å². The van der Waals surface area contributed by atoms with Gasteiger partial charge in [-0.3, -0.25) is 5.32 Å². The molecule has 0 saturated carbocycles. The van der Waals surface area contributed by atoms with Crippen LogP contribution in [0.15, 0.2) is 15.9 Å². The molecule has 1 saturated heterocycles. The summed E-state index contributed by atoms with van der Waals surface area (Å²) >= 11 is 5.16. The first-order valence-corrected chi connectivity index (χ1v) is 5.82. The lowest BCUT2D eigenvalue weighted by atomic mass is 10.1. The lowest BCUT2D eigenvalue weighted by Gasteiger charge is -2.15. The summed E-state index contributed by atoms with van der Waals surface area (Å²) in [4.78, 5) is 1.23. The Morgan fingerprint density at radius 1 is 1.57 bits per heavy atom. The topological polar surface area (TPSA) is 21.3 Å². The molecule has 1 N–H and O–H groups in total. The fourth-order valence-corrected chi connectivity index (χ4v) is 2.78. The van der Waals surface area contributed by atoms with E-state index in [0.717, 1.165) is 10.4 Å². The average molecular weight is 299 g/mol. The van der Waals surface area contributed by atoms with Gasteiger partial charge in [0.25, 0.3) is 0 Å². The summed E-state index contributed by atoms with van der Waals surface area (Å²) in [6.07, 6.45) is 0.0753. The molecule has 1 fully saturated rings. The third-order valence-corrected chi connectivity index (χ3v) is 3.65. The zero-order valence-electron chi connectivity index (χ0n) is 8.04. The average Bonchev–Trinajstić information content (AvgIpc) is 2.56. The van der Waals surface area contributed by atoms with Crippen molar-refractivity contribution < 1.29 is 4.74 Å². The molecular weight excluding hydrogens is 286 g/mol. The minimum atomic E-state index is 0. The Morgan fingerprint density at radius 3 is 2.71 bits per heavy atom. The highest BCUT2D eigenvalue weighted by molar-refractivity contribution is 9.11.